The predicted octanol–water partition coefficient (Wildman–Crippen LogP) is 2.68. The van der Waals surface area contributed by atoms with Crippen molar-refractivity contribution in [3.63, 3.8) is 0 Å². The van der Waals surface area contributed by atoms with E-state index >= 15 is 0 Å². The van der Waals surface area contributed by atoms with Gasteiger partial charge in [0, 0.05) is 10.6 Å². The number of para-hydroxylation sites is 1. The highest BCUT2D eigenvalue weighted by atomic mass is 32.2. The van der Waals surface area contributed by atoms with Gasteiger partial charge in [0.25, 0.3) is 0 Å². The zero-order valence-electron chi connectivity index (χ0n) is 10.8. The van der Waals surface area contributed by atoms with Crippen LogP contribution in [0.5, 0.6) is 5.75 Å². The summed E-state index contributed by atoms with van der Waals surface area (Å²) in [5.74, 6) is 2.13. The van der Waals surface area contributed by atoms with Crippen LogP contribution >= 0.6 is 11.8 Å². The molecule has 0 bridgehead atoms. The Morgan fingerprint density at radius 1 is 1.50 bits per heavy atom. The van der Waals surface area contributed by atoms with Gasteiger partial charge in [0.2, 0.25) is 0 Å². The smallest absolute Gasteiger partial charge is 0.132 e. The number of thioether (sulfide) groups is 1. The quantitative estimate of drug-likeness (QED) is 0.801. The standard InChI is InChI=1S/C14H18N2OS/c1-16-14(9-15,11-7-8-11)10-18-13-6-4-3-5-12(13)17-2/h3-6,11,16H,7-8,10H2,1-2H3. The van der Waals surface area contributed by atoms with Crippen molar-refractivity contribution in [1.29, 1.82) is 5.26 Å². The van der Waals surface area contributed by atoms with Gasteiger partial charge in [-0.25, -0.2) is 0 Å². The third-order valence-electron chi connectivity index (χ3n) is 3.44. The van der Waals surface area contributed by atoms with Crippen LogP contribution in [0.4, 0.5) is 0 Å². The highest BCUT2D eigenvalue weighted by Crippen LogP contribution is 2.42. The van der Waals surface area contributed by atoms with E-state index in [2.05, 4.69) is 11.4 Å². The second-order valence-electron chi connectivity index (χ2n) is 4.55. The average molecular weight is 262 g/mol. The molecular formula is C14H18N2OS. The summed E-state index contributed by atoms with van der Waals surface area (Å²) >= 11 is 1.69. The van der Waals surface area contributed by atoms with Crippen molar-refractivity contribution in [2.45, 2.75) is 23.3 Å². The maximum atomic E-state index is 9.43. The van der Waals surface area contributed by atoms with Gasteiger partial charge in [0.05, 0.1) is 13.2 Å². The van der Waals surface area contributed by atoms with Gasteiger partial charge in [-0.2, -0.15) is 5.26 Å². The third kappa shape index (κ3) is 2.63. The van der Waals surface area contributed by atoms with E-state index in [1.165, 1.54) is 0 Å². The largest absolute Gasteiger partial charge is 0.496 e. The van der Waals surface area contributed by atoms with Crippen LogP contribution in [-0.2, 0) is 0 Å². The molecule has 1 N–H and O–H groups in total. The van der Waals surface area contributed by atoms with Gasteiger partial charge in [0.1, 0.15) is 11.3 Å². The first kappa shape index (κ1) is 13.3. The van der Waals surface area contributed by atoms with E-state index in [-0.39, 0.29) is 0 Å². The topological polar surface area (TPSA) is 45.0 Å². The fourth-order valence-corrected chi connectivity index (χ4v) is 3.38. The lowest BCUT2D eigenvalue weighted by Gasteiger charge is -2.25. The van der Waals surface area contributed by atoms with E-state index in [4.69, 9.17) is 4.74 Å². The lowest BCUT2D eigenvalue weighted by molar-refractivity contribution is 0.404. The number of ether oxygens (including phenoxy) is 1. The van der Waals surface area contributed by atoms with E-state index in [9.17, 15) is 5.26 Å². The summed E-state index contributed by atoms with van der Waals surface area (Å²) in [6.07, 6.45) is 2.31. The summed E-state index contributed by atoms with van der Waals surface area (Å²) in [4.78, 5) is 1.09. The molecule has 4 heteroatoms. The zero-order valence-corrected chi connectivity index (χ0v) is 11.6. The van der Waals surface area contributed by atoms with Gasteiger partial charge in [-0.15, -0.1) is 11.8 Å². The molecule has 1 aromatic carbocycles. The molecule has 0 radical (unpaired) electrons. The summed E-state index contributed by atoms with van der Waals surface area (Å²) in [5.41, 5.74) is -0.397. The Morgan fingerprint density at radius 2 is 2.22 bits per heavy atom. The number of nitrogens with zero attached hydrogens (tertiary/aromatic N) is 1. The highest BCUT2D eigenvalue weighted by Gasteiger charge is 2.44. The molecule has 1 atom stereocenters. The normalized spacial score (nSPS) is 17.8. The van der Waals surface area contributed by atoms with Gasteiger partial charge in [-0.05, 0) is 37.9 Å². The third-order valence-corrected chi connectivity index (χ3v) is 4.69. The number of rotatable bonds is 6. The molecule has 18 heavy (non-hydrogen) atoms. The first-order valence-electron chi connectivity index (χ1n) is 6.11. The number of hydrogen-bond donors (Lipinski definition) is 1. The van der Waals surface area contributed by atoms with Crippen LogP contribution in [0.2, 0.25) is 0 Å². The Balaban J connectivity index is 2.08. The summed E-state index contributed by atoms with van der Waals surface area (Å²) in [6, 6.07) is 10.4. The monoisotopic (exact) mass is 262 g/mol. The van der Waals surface area contributed by atoms with Gasteiger partial charge in [-0.1, -0.05) is 12.1 Å². The van der Waals surface area contributed by atoms with Crippen molar-refractivity contribution in [3.05, 3.63) is 24.3 Å². The Morgan fingerprint density at radius 3 is 2.78 bits per heavy atom. The Hall–Kier alpha value is -1.18. The Bertz CT molecular complexity index is 453. The molecule has 1 aromatic rings. The molecule has 3 nitrogen and oxygen atoms in total. The maximum absolute atomic E-state index is 9.43. The van der Waals surface area contributed by atoms with Gasteiger partial charge < -0.3 is 10.1 Å². The average Bonchev–Trinajstić information content (AvgIpc) is 3.26. The minimum atomic E-state index is -0.397. The van der Waals surface area contributed by atoms with Crippen LogP contribution in [0.1, 0.15) is 12.8 Å². The maximum Gasteiger partial charge on any atom is 0.132 e. The van der Waals surface area contributed by atoms with Crippen molar-refractivity contribution >= 4 is 11.8 Å². The molecule has 1 saturated carbocycles. The lowest BCUT2D eigenvalue weighted by Crippen LogP contribution is -2.46. The van der Waals surface area contributed by atoms with Crippen molar-refractivity contribution < 1.29 is 4.74 Å². The molecule has 1 aliphatic rings. The van der Waals surface area contributed by atoms with E-state index in [0.717, 1.165) is 29.2 Å². The van der Waals surface area contributed by atoms with Crippen molar-refractivity contribution in [2.75, 3.05) is 19.9 Å². The van der Waals surface area contributed by atoms with E-state index in [1.807, 2.05) is 31.3 Å². The fraction of sp³-hybridized carbons (Fsp3) is 0.500. The van der Waals surface area contributed by atoms with Crippen LogP contribution in [-0.4, -0.2) is 25.4 Å². The number of methoxy groups -OCH3 is 1. The summed E-state index contributed by atoms with van der Waals surface area (Å²) < 4.78 is 5.33. The molecule has 0 amide bonds. The molecule has 0 spiro atoms. The summed E-state index contributed by atoms with van der Waals surface area (Å²) in [5, 5.41) is 12.6. The van der Waals surface area contributed by atoms with Crippen molar-refractivity contribution in [1.82, 2.24) is 5.32 Å². The Kier molecular flexibility index (Phi) is 4.15. The van der Waals surface area contributed by atoms with E-state index in [1.54, 1.807) is 18.9 Å². The number of hydrogen-bond acceptors (Lipinski definition) is 4. The number of benzene rings is 1. The van der Waals surface area contributed by atoms with Crippen LogP contribution in [0.3, 0.4) is 0 Å². The van der Waals surface area contributed by atoms with Gasteiger partial charge in [0.15, 0.2) is 0 Å². The predicted molar refractivity (Wildman–Crippen MR) is 73.8 cm³/mol. The molecule has 1 aliphatic carbocycles. The van der Waals surface area contributed by atoms with E-state index in [0.29, 0.717) is 5.92 Å². The summed E-state index contributed by atoms with van der Waals surface area (Å²) in [7, 11) is 3.56. The highest BCUT2D eigenvalue weighted by molar-refractivity contribution is 7.99. The molecular weight excluding hydrogens is 244 g/mol. The zero-order chi connectivity index (χ0) is 13.0. The van der Waals surface area contributed by atoms with Gasteiger partial charge >= 0.3 is 0 Å². The molecule has 1 fully saturated rings. The van der Waals surface area contributed by atoms with Crippen molar-refractivity contribution in [2.24, 2.45) is 5.92 Å². The van der Waals surface area contributed by atoms with Gasteiger partial charge in [-0.3, -0.25) is 0 Å². The minimum absolute atomic E-state index is 0.397. The van der Waals surface area contributed by atoms with Crippen molar-refractivity contribution in [3.8, 4) is 11.8 Å². The Labute approximate surface area is 113 Å². The second-order valence-corrected chi connectivity index (χ2v) is 5.56. The molecule has 2 rings (SSSR count). The number of nitrogens with one attached hydrogen (secondary N) is 1. The molecule has 0 aliphatic heterocycles. The molecule has 0 saturated heterocycles. The van der Waals surface area contributed by atoms with Crippen LogP contribution in [0, 0.1) is 17.2 Å². The van der Waals surface area contributed by atoms with Crippen LogP contribution < -0.4 is 10.1 Å². The van der Waals surface area contributed by atoms with Crippen LogP contribution in [0.25, 0.3) is 0 Å². The molecule has 1 unspecified atom stereocenters. The first-order valence-corrected chi connectivity index (χ1v) is 7.10. The van der Waals surface area contributed by atoms with E-state index < -0.39 is 5.54 Å². The molecule has 0 aromatic heterocycles. The molecule has 0 heterocycles. The minimum Gasteiger partial charge on any atom is -0.496 e. The number of nitriles is 1. The fourth-order valence-electron chi connectivity index (χ4n) is 2.08. The second kappa shape index (κ2) is 5.64. The first-order chi connectivity index (χ1) is 8.75. The summed E-state index contributed by atoms with van der Waals surface area (Å²) in [6.45, 7) is 0. The lowest BCUT2D eigenvalue weighted by atomic mass is 9.98. The van der Waals surface area contributed by atoms with Crippen LogP contribution in [0.15, 0.2) is 29.2 Å². The molecule has 96 valence electrons. The SMILES string of the molecule is CNC(C#N)(CSc1ccccc1OC)C1CC1.